The maximum atomic E-state index is 13.8. The first-order valence-corrected chi connectivity index (χ1v) is 7.72. The minimum atomic E-state index is -2.78. The Hall–Kier alpha value is -3.04. The molecule has 0 aromatic carbocycles. The zero-order valence-corrected chi connectivity index (χ0v) is 13.0. The molecule has 0 unspecified atom stereocenters. The van der Waals surface area contributed by atoms with Crippen LogP contribution in [0.15, 0.2) is 34.2 Å². The molecule has 3 aromatic heterocycles. The van der Waals surface area contributed by atoms with Crippen LogP contribution in [-0.4, -0.2) is 43.6 Å². The molecule has 10 heteroatoms. The fraction of sp³-hybridized carbons (Fsp3) is 0.333. The highest BCUT2D eigenvalue weighted by atomic mass is 19.3. The molecule has 1 aliphatic heterocycles. The maximum absolute atomic E-state index is 13.8. The second-order valence-electron chi connectivity index (χ2n) is 5.98. The van der Waals surface area contributed by atoms with E-state index in [0.29, 0.717) is 24.3 Å². The Morgan fingerprint density at radius 2 is 2.12 bits per heavy atom. The number of halogens is 2. The number of alkyl halides is 2. The number of piperidine rings is 1. The normalized spacial score (nSPS) is 17.1. The molecule has 4 rings (SSSR count). The van der Waals surface area contributed by atoms with Gasteiger partial charge in [0.1, 0.15) is 5.69 Å². The zero-order valence-electron chi connectivity index (χ0n) is 13.0. The molecule has 1 saturated heterocycles. The number of rotatable bonds is 2. The smallest absolute Gasteiger partial charge is 0.325 e. The fourth-order valence-corrected chi connectivity index (χ4v) is 3.04. The van der Waals surface area contributed by atoms with E-state index in [1.165, 1.54) is 16.9 Å². The lowest BCUT2D eigenvalue weighted by Crippen LogP contribution is -2.43. The monoisotopic (exact) mass is 348 g/mol. The zero-order chi connectivity index (χ0) is 17.6. The fourth-order valence-electron chi connectivity index (χ4n) is 3.04. The van der Waals surface area contributed by atoms with Crippen LogP contribution in [0.3, 0.4) is 0 Å². The van der Waals surface area contributed by atoms with Crippen LogP contribution in [0.2, 0.25) is 0 Å². The molecule has 0 bridgehead atoms. The number of aromatic nitrogens is 5. The van der Waals surface area contributed by atoms with E-state index in [9.17, 15) is 18.4 Å². The number of nitrogens with zero attached hydrogens (tertiary/aromatic N) is 4. The molecule has 0 atom stereocenters. The molecule has 8 nitrogen and oxygen atoms in total. The van der Waals surface area contributed by atoms with Gasteiger partial charge < -0.3 is 9.88 Å². The summed E-state index contributed by atoms with van der Waals surface area (Å²) >= 11 is 0. The molecule has 1 aliphatic rings. The third-order valence-corrected chi connectivity index (χ3v) is 4.17. The summed E-state index contributed by atoms with van der Waals surface area (Å²) in [6, 6.07) is 1.55. The lowest BCUT2D eigenvalue weighted by molar-refractivity contribution is -0.0116. The van der Waals surface area contributed by atoms with E-state index < -0.39 is 23.7 Å². The van der Waals surface area contributed by atoms with Crippen LogP contribution in [0, 0.1) is 0 Å². The predicted octanol–water partition coefficient (Wildman–Crippen LogP) is 1.01. The minimum absolute atomic E-state index is 0.139. The van der Waals surface area contributed by atoms with E-state index in [-0.39, 0.29) is 17.7 Å². The first-order chi connectivity index (χ1) is 11.9. The number of anilines is 1. The Balaban J connectivity index is 1.88. The van der Waals surface area contributed by atoms with Gasteiger partial charge in [-0.05, 0) is 12.5 Å². The predicted molar refractivity (Wildman–Crippen MR) is 86.1 cm³/mol. The van der Waals surface area contributed by atoms with E-state index in [4.69, 9.17) is 0 Å². The number of hydrogen-bond acceptors (Lipinski definition) is 5. The lowest BCUT2D eigenvalue weighted by Gasteiger charge is -2.34. The number of H-pyrrole nitrogens is 2. The van der Waals surface area contributed by atoms with Crippen molar-refractivity contribution >= 4 is 11.3 Å². The topological polar surface area (TPSA) is 99.2 Å². The summed E-state index contributed by atoms with van der Waals surface area (Å²) in [5, 5.41) is 4.29. The van der Waals surface area contributed by atoms with Gasteiger partial charge in [-0.25, -0.2) is 23.1 Å². The van der Waals surface area contributed by atoms with Crippen molar-refractivity contribution in [1.82, 2.24) is 24.6 Å². The molecule has 0 amide bonds. The Labute approximate surface area is 139 Å². The molecule has 0 radical (unpaired) electrons. The molecule has 0 spiro atoms. The van der Waals surface area contributed by atoms with Crippen LogP contribution in [0.4, 0.5) is 14.5 Å². The summed E-state index contributed by atoms with van der Waals surface area (Å²) in [7, 11) is 0. The van der Waals surface area contributed by atoms with E-state index in [0.717, 1.165) is 0 Å². The van der Waals surface area contributed by atoms with E-state index in [1.54, 1.807) is 17.2 Å². The van der Waals surface area contributed by atoms with E-state index in [1.807, 2.05) is 0 Å². The highest BCUT2D eigenvalue weighted by molar-refractivity contribution is 5.74. The second kappa shape index (κ2) is 5.50. The van der Waals surface area contributed by atoms with Crippen LogP contribution in [0.1, 0.15) is 12.8 Å². The summed E-state index contributed by atoms with van der Waals surface area (Å²) < 4.78 is 29.1. The van der Waals surface area contributed by atoms with Crippen molar-refractivity contribution in [3.8, 4) is 11.3 Å². The maximum Gasteiger partial charge on any atom is 0.325 e. The number of imidazole rings is 1. The van der Waals surface area contributed by atoms with Crippen molar-refractivity contribution in [2.75, 3.05) is 18.0 Å². The number of hydrogen-bond donors (Lipinski definition) is 2. The Kier molecular flexibility index (Phi) is 3.41. The van der Waals surface area contributed by atoms with Gasteiger partial charge in [0.2, 0.25) is 0 Å². The van der Waals surface area contributed by atoms with Gasteiger partial charge in [0.05, 0.1) is 17.8 Å². The lowest BCUT2D eigenvalue weighted by atomic mass is 10.1. The minimum Gasteiger partial charge on any atom is -0.362 e. The molecule has 0 aliphatic carbocycles. The largest absolute Gasteiger partial charge is 0.362 e. The van der Waals surface area contributed by atoms with Gasteiger partial charge in [-0.1, -0.05) is 0 Å². The molecule has 25 heavy (non-hydrogen) atoms. The van der Waals surface area contributed by atoms with Crippen LogP contribution in [0.25, 0.3) is 16.9 Å². The molecular formula is C15H14F2N6O2. The highest BCUT2D eigenvalue weighted by Gasteiger charge is 2.36. The van der Waals surface area contributed by atoms with Crippen molar-refractivity contribution < 1.29 is 8.78 Å². The van der Waals surface area contributed by atoms with Crippen LogP contribution in [0.5, 0.6) is 0 Å². The summed E-state index contributed by atoms with van der Waals surface area (Å²) in [6.45, 7) is 0.0461. The van der Waals surface area contributed by atoms with Crippen molar-refractivity contribution in [3.05, 3.63) is 45.5 Å². The van der Waals surface area contributed by atoms with Gasteiger partial charge in [-0.2, -0.15) is 5.10 Å². The summed E-state index contributed by atoms with van der Waals surface area (Å²) in [6.07, 6.45) is 4.54. The summed E-state index contributed by atoms with van der Waals surface area (Å²) in [4.78, 5) is 33.5. The Morgan fingerprint density at radius 3 is 2.88 bits per heavy atom. The van der Waals surface area contributed by atoms with Gasteiger partial charge in [0, 0.05) is 31.6 Å². The quantitative estimate of drug-likeness (QED) is 0.720. The van der Waals surface area contributed by atoms with Gasteiger partial charge in [0.15, 0.2) is 5.65 Å². The standard InChI is InChI=1S/C15H14F2N6O2/c16-15(17)2-1-4-22(8-15)11-6-10(21-23-5-3-18-12(11)23)9-7-19-14(25)20-13(9)24/h3,5-7H,1-2,4,8H2,(H2,19,20,24,25). The third-order valence-electron chi connectivity index (χ3n) is 4.17. The van der Waals surface area contributed by atoms with E-state index in [2.05, 4.69) is 20.1 Å². The van der Waals surface area contributed by atoms with Gasteiger partial charge >= 0.3 is 5.69 Å². The molecule has 4 heterocycles. The molecule has 0 saturated carbocycles. The molecule has 3 aromatic rings. The van der Waals surface area contributed by atoms with E-state index >= 15 is 0 Å². The first kappa shape index (κ1) is 15.5. The number of nitrogens with one attached hydrogen (secondary N) is 2. The number of fused-ring (bicyclic) bond motifs is 1. The third kappa shape index (κ3) is 2.79. The average molecular weight is 348 g/mol. The number of aromatic amines is 2. The van der Waals surface area contributed by atoms with Crippen molar-refractivity contribution in [2.45, 2.75) is 18.8 Å². The van der Waals surface area contributed by atoms with Crippen molar-refractivity contribution in [3.63, 3.8) is 0 Å². The second-order valence-corrected chi connectivity index (χ2v) is 5.98. The van der Waals surface area contributed by atoms with Gasteiger partial charge in [0.25, 0.3) is 11.5 Å². The molecular weight excluding hydrogens is 334 g/mol. The van der Waals surface area contributed by atoms with Gasteiger partial charge in [-0.15, -0.1) is 0 Å². The summed E-state index contributed by atoms with van der Waals surface area (Å²) in [5.74, 6) is -2.78. The van der Waals surface area contributed by atoms with Crippen LogP contribution < -0.4 is 16.1 Å². The van der Waals surface area contributed by atoms with Crippen LogP contribution >= 0.6 is 0 Å². The molecule has 130 valence electrons. The van der Waals surface area contributed by atoms with Crippen molar-refractivity contribution in [2.24, 2.45) is 0 Å². The Bertz CT molecular complexity index is 1050. The summed E-state index contributed by atoms with van der Waals surface area (Å²) in [5.41, 5.74) is 0.0633. The van der Waals surface area contributed by atoms with Crippen molar-refractivity contribution in [1.29, 1.82) is 0 Å². The molecule has 2 N–H and O–H groups in total. The van der Waals surface area contributed by atoms with Gasteiger partial charge in [-0.3, -0.25) is 9.78 Å². The first-order valence-electron chi connectivity index (χ1n) is 7.72. The highest BCUT2D eigenvalue weighted by Crippen LogP contribution is 2.32. The van der Waals surface area contributed by atoms with Crippen LogP contribution in [-0.2, 0) is 0 Å². The molecule has 1 fully saturated rings. The average Bonchev–Trinajstić information content (AvgIpc) is 3.01. The Morgan fingerprint density at radius 1 is 1.28 bits per heavy atom. The SMILES string of the molecule is O=c1[nH]cc(-c2cc(N3CCCC(F)(F)C3)c3nccn3n2)c(=O)[nH]1.